The molecule has 2 N–H and O–H groups in total. The number of rotatable bonds is 3. The normalized spacial score (nSPS) is 10.1. The van der Waals surface area contributed by atoms with Crippen molar-refractivity contribution in [1.29, 1.82) is 0 Å². The molecule has 82 valence electrons. The molecule has 1 heterocycles. The van der Waals surface area contributed by atoms with E-state index in [9.17, 15) is 4.79 Å². The van der Waals surface area contributed by atoms with Crippen LogP contribution in [0, 0.1) is 0 Å². The SMILES string of the molecule is COC(=O)CSc1nc(N)c(Cl)cc1Cl. The van der Waals surface area contributed by atoms with E-state index in [1.807, 2.05) is 0 Å². The fourth-order valence-corrected chi connectivity index (χ4v) is 2.00. The van der Waals surface area contributed by atoms with Gasteiger partial charge in [0.25, 0.3) is 0 Å². The summed E-state index contributed by atoms with van der Waals surface area (Å²) >= 11 is 12.7. The first kappa shape index (κ1) is 12.4. The summed E-state index contributed by atoms with van der Waals surface area (Å²) in [5, 5.41) is 1.12. The number of pyridine rings is 1. The van der Waals surface area contributed by atoms with Crippen LogP contribution in [0.15, 0.2) is 11.1 Å². The molecule has 1 rings (SSSR count). The zero-order valence-corrected chi connectivity index (χ0v) is 10.1. The van der Waals surface area contributed by atoms with E-state index in [0.29, 0.717) is 15.1 Å². The lowest BCUT2D eigenvalue weighted by molar-refractivity contribution is -0.137. The second-order valence-electron chi connectivity index (χ2n) is 2.51. The molecular formula is C8H8Cl2N2O2S. The van der Waals surface area contributed by atoms with Gasteiger partial charge in [0.05, 0.1) is 22.9 Å². The molecule has 0 atom stereocenters. The van der Waals surface area contributed by atoms with E-state index in [1.165, 1.54) is 13.2 Å². The molecule has 0 bridgehead atoms. The first-order valence-electron chi connectivity index (χ1n) is 3.85. The van der Waals surface area contributed by atoms with Crippen molar-refractivity contribution in [3.8, 4) is 0 Å². The third-order valence-corrected chi connectivity index (χ3v) is 3.15. The van der Waals surface area contributed by atoms with Gasteiger partial charge in [0.15, 0.2) is 0 Å². The van der Waals surface area contributed by atoms with Crippen molar-refractivity contribution in [2.45, 2.75) is 5.03 Å². The number of nitrogens with zero attached hydrogens (tertiary/aromatic N) is 1. The van der Waals surface area contributed by atoms with E-state index in [2.05, 4.69) is 9.72 Å². The summed E-state index contributed by atoms with van der Waals surface area (Å²) < 4.78 is 4.48. The van der Waals surface area contributed by atoms with Crippen LogP contribution in [-0.2, 0) is 9.53 Å². The lowest BCUT2D eigenvalue weighted by Crippen LogP contribution is -2.04. The van der Waals surface area contributed by atoms with Crippen molar-refractivity contribution < 1.29 is 9.53 Å². The minimum Gasteiger partial charge on any atom is -0.468 e. The van der Waals surface area contributed by atoms with Crippen molar-refractivity contribution in [3.63, 3.8) is 0 Å². The summed E-state index contributed by atoms with van der Waals surface area (Å²) in [6.07, 6.45) is 0. The van der Waals surface area contributed by atoms with Gasteiger partial charge in [0.1, 0.15) is 10.8 Å². The summed E-state index contributed by atoms with van der Waals surface area (Å²) in [4.78, 5) is 14.8. The third kappa shape index (κ3) is 3.44. The Hall–Kier alpha value is -0.650. The molecule has 0 unspecified atom stereocenters. The summed E-state index contributed by atoms with van der Waals surface area (Å²) in [5.74, 6) is -0.0376. The Bertz CT molecular complexity index is 387. The van der Waals surface area contributed by atoms with Gasteiger partial charge < -0.3 is 10.5 Å². The maximum absolute atomic E-state index is 10.9. The Morgan fingerprint density at radius 1 is 1.60 bits per heavy atom. The molecule has 4 nitrogen and oxygen atoms in total. The smallest absolute Gasteiger partial charge is 0.316 e. The molecule has 0 saturated carbocycles. The molecule has 0 radical (unpaired) electrons. The number of halogens is 2. The second-order valence-corrected chi connectivity index (χ2v) is 4.29. The Morgan fingerprint density at radius 3 is 2.87 bits per heavy atom. The number of methoxy groups -OCH3 is 1. The average molecular weight is 267 g/mol. The van der Waals surface area contributed by atoms with E-state index in [1.54, 1.807) is 0 Å². The molecule has 15 heavy (non-hydrogen) atoms. The number of nitrogens with two attached hydrogens (primary N) is 1. The van der Waals surface area contributed by atoms with Gasteiger partial charge >= 0.3 is 5.97 Å². The van der Waals surface area contributed by atoms with Crippen LogP contribution in [0.1, 0.15) is 0 Å². The topological polar surface area (TPSA) is 65.2 Å². The Kier molecular flexibility index (Phi) is 4.50. The highest BCUT2D eigenvalue weighted by Gasteiger charge is 2.10. The molecule has 1 aromatic heterocycles. The summed E-state index contributed by atoms with van der Waals surface area (Å²) in [5.41, 5.74) is 5.50. The van der Waals surface area contributed by atoms with Crippen LogP contribution in [0.2, 0.25) is 10.0 Å². The van der Waals surface area contributed by atoms with E-state index in [0.717, 1.165) is 11.8 Å². The van der Waals surface area contributed by atoms with Crippen molar-refractivity contribution in [2.24, 2.45) is 0 Å². The number of carbonyl (C=O) groups is 1. The fourth-order valence-electron chi connectivity index (χ4n) is 0.751. The first-order valence-corrected chi connectivity index (χ1v) is 5.60. The van der Waals surface area contributed by atoms with Crippen molar-refractivity contribution in [1.82, 2.24) is 4.98 Å². The molecule has 7 heteroatoms. The number of hydrogen-bond acceptors (Lipinski definition) is 5. The van der Waals surface area contributed by atoms with E-state index < -0.39 is 0 Å². The predicted octanol–water partition coefficient (Wildman–Crippen LogP) is 2.24. The Morgan fingerprint density at radius 2 is 2.27 bits per heavy atom. The molecule has 1 aromatic rings. The van der Waals surface area contributed by atoms with Gasteiger partial charge in [-0.15, -0.1) is 0 Å². The van der Waals surface area contributed by atoms with Crippen LogP contribution in [0.4, 0.5) is 5.82 Å². The van der Waals surface area contributed by atoms with Gasteiger partial charge in [-0.3, -0.25) is 4.79 Å². The second kappa shape index (κ2) is 5.44. The van der Waals surface area contributed by atoms with Gasteiger partial charge in [-0.05, 0) is 6.07 Å². The highest BCUT2D eigenvalue weighted by molar-refractivity contribution is 8.00. The average Bonchev–Trinajstić information content (AvgIpc) is 2.21. The molecular weight excluding hydrogens is 259 g/mol. The Balaban J connectivity index is 2.77. The Labute approximate surface area is 101 Å². The highest BCUT2D eigenvalue weighted by atomic mass is 35.5. The minimum atomic E-state index is -0.355. The highest BCUT2D eigenvalue weighted by Crippen LogP contribution is 2.30. The van der Waals surface area contributed by atoms with Crippen LogP contribution in [-0.4, -0.2) is 23.8 Å². The summed E-state index contributed by atoms with van der Waals surface area (Å²) in [6, 6.07) is 1.49. The number of nitrogen functional groups attached to an aromatic ring is 1. The van der Waals surface area contributed by atoms with E-state index in [-0.39, 0.29) is 17.5 Å². The van der Waals surface area contributed by atoms with Crippen molar-refractivity contribution in [3.05, 3.63) is 16.1 Å². The maximum Gasteiger partial charge on any atom is 0.316 e. The minimum absolute atomic E-state index is 0.129. The molecule has 0 fully saturated rings. The molecule has 0 aliphatic heterocycles. The first-order chi connectivity index (χ1) is 7.04. The third-order valence-electron chi connectivity index (χ3n) is 1.48. The largest absolute Gasteiger partial charge is 0.468 e. The van der Waals surface area contributed by atoms with E-state index >= 15 is 0 Å². The molecule has 0 aromatic carbocycles. The van der Waals surface area contributed by atoms with Crippen LogP contribution in [0.25, 0.3) is 0 Å². The molecule has 0 spiro atoms. The van der Waals surface area contributed by atoms with E-state index in [4.69, 9.17) is 28.9 Å². The number of carbonyl (C=O) groups excluding carboxylic acids is 1. The van der Waals surface area contributed by atoms with Crippen LogP contribution < -0.4 is 5.73 Å². The van der Waals surface area contributed by atoms with Crippen molar-refractivity contribution in [2.75, 3.05) is 18.6 Å². The standard InChI is InChI=1S/C8H8Cl2N2O2S/c1-14-6(13)3-15-8-5(10)2-4(9)7(11)12-8/h2H,3H2,1H3,(H2,11,12). The van der Waals surface area contributed by atoms with Crippen LogP contribution in [0.3, 0.4) is 0 Å². The zero-order chi connectivity index (χ0) is 11.4. The molecule has 0 aliphatic rings. The zero-order valence-electron chi connectivity index (χ0n) is 7.79. The number of hydrogen-bond donors (Lipinski definition) is 1. The molecule has 0 aliphatic carbocycles. The monoisotopic (exact) mass is 266 g/mol. The van der Waals surface area contributed by atoms with Gasteiger partial charge in [-0.2, -0.15) is 0 Å². The van der Waals surface area contributed by atoms with Gasteiger partial charge in [0.2, 0.25) is 0 Å². The quantitative estimate of drug-likeness (QED) is 0.672. The fraction of sp³-hybridized carbons (Fsp3) is 0.250. The summed E-state index contributed by atoms with van der Waals surface area (Å²) in [7, 11) is 1.31. The number of esters is 1. The number of aromatic nitrogens is 1. The lowest BCUT2D eigenvalue weighted by Gasteiger charge is -2.04. The summed E-state index contributed by atoms with van der Waals surface area (Å²) in [6.45, 7) is 0. The van der Waals surface area contributed by atoms with Crippen LogP contribution >= 0.6 is 35.0 Å². The number of ether oxygens (including phenoxy) is 1. The van der Waals surface area contributed by atoms with Gasteiger partial charge in [0, 0.05) is 0 Å². The molecule has 0 amide bonds. The predicted molar refractivity (Wildman–Crippen MR) is 61.4 cm³/mol. The number of anilines is 1. The number of thioether (sulfide) groups is 1. The molecule has 0 saturated heterocycles. The van der Waals surface area contributed by atoms with Crippen LogP contribution in [0.5, 0.6) is 0 Å². The van der Waals surface area contributed by atoms with Gasteiger partial charge in [-0.25, -0.2) is 4.98 Å². The van der Waals surface area contributed by atoms with Gasteiger partial charge in [-0.1, -0.05) is 35.0 Å². The lowest BCUT2D eigenvalue weighted by atomic mass is 10.5. The van der Waals surface area contributed by atoms with Crippen molar-refractivity contribution >= 4 is 46.8 Å². The maximum atomic E-state index is 10.9.